The summed E-state index contributed by atoms with van der Waals surface area (Å²) < 4.78 is 17.1. The molecule has 4 aromatic rings. The van der Waals surface area contributed by atoms with E-state index in [1.165, 1.54) is 37.2 Å². The molecule has 2 aromatic carbocycles. The Balaban J connectivity index is 1.39. The van der Waals surface area contributed by atoms with E-state index < -0.39 is 0 Å². The average Bonchev–Trinajstić information content (AvgIpc) is 2.97. The topological polar surface area (TPSA) is 113 Å². The number of methoxy groups -OCH3 is 2. The molecule has 0 radical (unpaired) electrons. The minimum absolute atomic E-state index is 0.255. The molecule has 0 amide bonds. The number of nitrogens with zero attached hydrogens (tertiary/aromatic N) is 3. The minimum Gasteiger partial charge on any atom is -0.496 e. The number of fused-ring (bicyclic) bond motifs is 1. The Labute approximate surface area is 225 Å². The van der Waals surface area contributed by atoms with Gasteiger partial charge in [0.15, 0.2) is 23.1 Å². The van der Waals surface area contributed by atoms with Gasteiger partial charge in [0.1, 0.15) is 17.9 Å². The van der Waals surface area contributed by atoms with Gasteiger partial charge in [-0.05, 0) is 73.0 Å². The van der Waals surface area contributed by atoms with Crippen molar-refractivity contribution in [3.8, 4) is 17.2 Å². The minimum atomic E-state index is -0.268. The zero-order valence-corrected chi connectivity index (χ0v) is 21.5. The van der Waals surface area contributed by atoms with Crippen LogP contribution in [0.1, 0.15) is 17.5 Å². The smallest absolute Gasteiger partial charge is 0.186 e. The average molecular weight is 523 g/mol. The molecule has 0 atom stereocenters. The quantitative estimate of drug-likeness (QED) is 0.230. The summed E-state index contributed by atoms with van der Waals surface area (Å²) in [6, 6.07) is 12.9. The number of ether oxygens (including phenoxy) is 3. The number of allylic oxidation sites excluding steroid dienone is 4. The maximum absolute atomic E-state index is 12.5. The van der Waals surface area contributed by atoms with Gasteiger partial charge in [0, 0.05) is 40.7 Å². The van der Waals surface area contributed by atoms with Gasteiger partial charge in [-0.3, -0.25) is 14.6 Å². The summed E-state index contributed by atoms with van der Waals surface area (Å²) in [5, 5.41) is 4.02. The Bertz CT molecular complexity index is 1600. The zero-order valence-electron chi connectivity index (χ0n) is 21.5. The molecule has 2 heterocycles. The molecule has 0 aliphatic heterocycles. The Kier molecular flexibility index (Phi) is 7.58. The second-order valence-corrected chi connectivity index (χ2v) is 8.75. The fourth-order valence-electron chi connectivity index (χ4n) is 4.30. The molecule has 0 saturated carbocycles. The van der Waals surface area contributed by atoms with E-state index >= 15 is 0 Å². The molecule has 0 bridgehead atoms. The first-order chi connectivity index (χ1) is 19.1. The number of carbonyl (C=O) groups excluding carboxylic acids is 2. The van der Waals surface area contributed by atoms with Crippen LogP contribution in [-0.4, -0.2) is 47.3 Å². The molecule has 196 valence electrons. The SMILES string of the molecule is COc1cc2c(Nc3ccc(OC)c(C4=CC(=O)C=CC4=O)c3)ncnc2cc1OCCCc1ccncc1. The standard InChI is InChI=1S/C30H26N4O5/c1-37-27-8-5-20(14-23(27)22-15-21(35)6-7-26(22)36)34-30-24-16-28(38-2)29(17-25(24)32-18-33-30)39-13-3-4-19-9-11-31-12-10-19/h5-12,14-18H,3-4,13H2,1-2H3,(H,32,33,34). The fraction of sp³-hybridized carbons (Fsp3) is 0.167. The van der Waals surface area contributed by atoms with Gasteiger partial charge in [-0.15, -0.1) is 0 Å². The summed E-state index contributed by atoms with van der Waals surface area (Å²) in [7, 11) is 3.10. The van der Waals surface area contributed by atoms with Crippen molar-refractivity contribution < 1.29 is 23.8 Å². The Morgan fingerprint density at radius 1 is 0.872 bits per heavy atom. The van der Waals surface area contributed by atoms with Crippen molar-refractivity contribution in [2.75, 3.05) is 26.1 Å². The fourth-order valence-corrected chi connectivity index (χ4v) is 4.30. The molecule has 0 spiro atoms. The van der Waals surface area contributed by atoms with E-state index in [2.05, 4.69) is 20.3 Å². The number of aryl methyl sites for hydroxylation is 1. The van der Waals surface area contributed by atoms with Crippen molar-refractivity contribution in [3.63, 3.8) is 0 Å². The summed E-state index contributed by atoms with van der Waals surface area (Å²) in [6.45, 7) is 0.515. The van der Waals surface area contributed by atoms with Crippen LogP contribution in [0.2, 0.25) is 0 Å². The molecule has 0 fully saturated rings. The number of pyridine rings is 1. The number of hydrogen-bond acceptors (Lipinski definition) is 9. The predicted octanol–water partition coefficient (Wildman–Crippen LogP) is 4.89. The molecule has 1 aliphatic carbocycles. The number of anilines is 2. The summed E-state index contributed by atoms with van der Waals surface area (Å²) in [4.78, 5) is 37.3. The lowest BCUT2D eigenvalue weighted by molar-refractivity contribution is -0.113. The summed E-state index contributed by atoms with van der Waals surface area (Å²) >= 11 is 0. The van der Waals surface area contributed by atoms with Crippen LogP contribution in [0.5, 0.6) is 17.2 Å². The van der Waals surface area contributed by atoms with Crippen molar-refractivity contribution in [2.45, 2.75) is 12.8 Å². The Morgan fingerprint density at radius 2 is 1.69 bits per heavy atom. The number of carbonyl (C=O) groups is 2. The highest BCUT2D eigenvalue weighted by molar-refractivity contribution is 6.34. The van der Waals surface area contributed by atoms with Crippen LogP contribution in [0.15, 0.2) is 79.4 Å². The van der Waals surface area contributed by atoms with Gasteiger partial charge in [0.2, 0.25) is 0 Å². The highest BCUT2D eigenvalue weighted by atomic mass is 16.5. The molecule has 9 nitrogen and oxygen atoms in total. The van der Waals surface area contributed by atoms with Crippen LogP contribution in [0, 0.1) is 0 Å². The molecule has 9 heteroatoms. The van der Waals surface area contributed by atoms with E-state index in [1.807, 2.05) is 24.3 Å². The van der Waals surface area contributed by atoms with E-state index in [1.54, 1.807) is 37.7 Å². The largest absolute Gasteiger partial charge is 0.496 e. The van der Waals surface area contributed by atoms with Crippen LogP contribution in [0.3, 0.4) is 0 Å². The van der Waals surface area contributed by atoms with Gasteiger partial charge in [-0.2, -0.15) is 0 Å². The van der Waals surface area contributed by atoms with Gasteiger partial charge < -0.3 is 19.5 Å². The van der Waals surface area contributed by atoms with Gasteiger partial charge in [-0.25, -0.2) is 9.97 Å². The maximum Gasteiger partial charge on any atom is 0.186 e. The normalized spacial score (nSPS) is 12.8. The molecule has 0 saturated heterocycles. The third-order valence-corrected chi connectivity index (χ3v) is 6.24. The number of ketones is 2. The second kappa shape index (κ2) is 11.6. The van der Waals surface area contributed by atoms with E-state index in [0.717, 1.165) is 18.2 Å². The third-order valence-electron chi connectivity index (χ3n) is 6.24. The van der Waals surface area contributed by atoms with Gasteiger partial charge in [-0.1, -0.05) is 0 Å². The van der Waals surface area contributed by atoms with E-state index in [-0.39, 0.29) is 17.1 Å². The number of hydrogen-bond donors (Lipinski definition) is 1. The zero-order chi connectivity index (χ0) is 27.2. The van der Waals surface area contributed by atoms with E-state index in [9.17, 15) is 9.59 Å². The van der Waals surface area contributed by atoms with E-state index in [0.29, 0.717) is 46.4 Å². The van der Waals surface area contributed by atoms with Gasteiger partial charge in [0.25, 0.3) is 0 Å². The van der Waals surface area contributed by atoms with Gasteiger partial charge in [0.05, 0.1) is 26.3 Å². The highest BCUT2D eigenvalue weighted by Crippen LogP contribution is 2.36. The Morgan fingerprint density at radius 3 is 2.49 bits per heavy atom. The maximum atomic E-state index is 12.5. The third kappa shape index (κ3) is 5.77. The lowest BCUT2D eigenvalue weighted by atomic mass is 9.95. The van der Waals surface area contributed by atoms with Crippen molar-refractivity contribution in [3.05, 3.63) is 90.5 Å². The van der Waals surface area contributed by atoms with Gasteiger partial charge >= 0.3 is 0 Å². The molecule has 0 unspecified atom stereocenters. The lowest BCUT2D eigenvalue weighted by Gasteiger charge is -2.16. The van der Waals surface area contributed by atoms with Crippen LogP contribution >= 0.6 is 0 Å². The molecule has 1 N–H and O–H groups in total. The monoisotopic (exact) mass is 522 g/mol. The van der Waals surface area contributed by atoms with Crippen molar-refractivity contribution >= 4 is 39.5 Å². The summed E-state index contributed by atoms with van der Waals surface area (Å²) in [5.74, 6) is 1.64. The van der Waals surface area contributed by atoms with Crippen molar-refractivity contribution in [2.24, 2.45) is 0 Å². The molecule has 5 rings (SSSR count). The molecule has 1 aliphatic rings. The first kappa shape index (κ1) is 25.6. The first-order valence-corrected chi connectivity index (χ1v) is 12.3. The predicted molar refractivity (Wildman–Crippen MR) is 148 cm³/mol. The molecular weight excluding hydrogens is 496 g/mol. The van der Waals surface area contributed by atoms with Crippen LogP contribution in [0.4, 0.5) is 11.5 Å². The van der Waals surface area contributed by atoms with Crippen molar-refractivity contribution in [1.82, 2.24) is 15.0 Å². The van der Waals surface area contributed by atoms with Crippen molar-refractivity contribution in [1.29, 1.82) is 0 Å². The number of aromatic nitrogens is 3. The highest BCUT2D eigenvalue weighted by Gasteiger charge is 2.20. The lowest BCUT2D eigenvalue weighted by Crippen LogP contribution is -2.08. The number of benzene rings is 2. The summed E-state index contributed by atoms with van der Waals surface area (Å²) in [5.41, 5.74) is 3.30. The van der Waals surface area contributed by atoms with Crippen LogP contribution < -0.4 is 19.5 Å². The molecule has 39 heavy (non-hydrogen) atoms. The second-order valence-electron chi connectivity index (χ2n) is 8.75. The number of nitrogens with one attached hydrogen (secondary N) is 1. The van der Waals surface area contributed by atoms with Crippen LogP contribution in [0.25, 0.3) is 16.5 Å². The van der Waals surface area contributed by atoms with E-state index in [4.69, 9.17) is 14.2 Å². The number of rotatable bonds is 10. The molecular formula is C30H26N4O5. The molecule has 2 aromatic heterocycles. The van der Waals surface area contributed by atoms with Crippen LogP contribution in [-0.2, 0) is 16.0 Å². The first-order valence-electron chi connectivity index (χ1n) is 12.3. The summed E-state index contributed by atoms with van der Waals surface area (Å²) in [6.07, 6.45) is 10.6. The Hall–Kier alpha value is -5.05.